The van der Waals surface area contributed by atoms with Gasteiger partial charge in [0, 0.05) is 37.0 Å². The van der Waals surface area contributed by atoms with Crippen molar-refractivity contribution in [1.29, 1.82) is 0 Å². The molecule has 214 valence electrons. The van der Waals surface area contributed by atoms with Crippen LogP contribution in [0.2, 0.25) is 0 Å². The summed E-state index contributed by atoms with van der Waals surface area (Å²) in [6, 6.07) is 21.6. The molecular formula is C30H34N6O5. The quantitative estimate of drug-likeness (QED) is 0.249. The maximum absolute atomic E-state index is 6.01. The molecule has 11 heteroatoms. The summed E-state index contributed by atoms with van der Waals surface area (Å²) in [5.74, 6) is 3.16. The molecule has 11 nitrogen and oxygen atoms in total. The molecule has 1 aromatic heterocycles. The van der Waals surface area contributed by atoms with E-state index in [-0.39, 0.29) is 6.01 Å². The molecule has 1 fully saturated rings. The van der Waals surface area contributed by atoms with Crippen LogP contribution in [0.5, 0.6) is 23.3 Å². The highest BCUT2D eigenvalue weighted by molar-refractivity contribution is 5.68. The van der Waals surface area contributed by atoms with Gasteiger partial charge in [0.2, 0.25) is 11.9 Å². The largest absolute Gasteiger partial charge is 0.497 e. The van der Waals surface area contributed by atoms with Crippen molar-refractivity contribution < 1.29 is 23.7 Å². The third-order valence-electron chi connectivity index (χ3n) is 6.46. The second-order valence-electron chi connectivity index (χ2n) is 9.19. The molecular weight excluding hydrogens is 524 g/mol. The van der Waals surface area contributed by atoms with Gasteiger partial charge in [0.05, 0.1) is 46.8 Å². The first-order valence-electron chi connectivity index (χ1n) is 13.3. The molecule has 1 aliphatic rings. The van der Waals surface area contributed by atoms with Gasteiger partial charge in [-0.3, -0.25) is 0 Å². The summed E-state index contributed by atoms with van der Waals surface area (Å²) in [6.07, 6.45) is 0.621. The van der Waals surface area contributed by atoms with Crippen LogP contribution in [0.25, 0.3) is 0 Å². The highest BCUT2D eigenvalue weighted by Gasteiger charge is 2.17. The molecule has 0 unspecified atom stereocenters. The molecule has 5 rings (SSSR count). The van der Waals surface area contributed by atoms with Crippen LogP contribution in [0, 0.1) is 0 Å². The summed E-state index contributed by atoms with van der Waals surface area (Å²) in [6.45, 7) is 2.98. The number of rotatable bonds is 12. The number of methoxy groups -OCH3 is 3. The van der Waals surface area contributed by atoms with Gasteiger partial charge in [-0.25, -0.2) is 0 Å². The Kier molecular flexibility index (Phi) is 9.17. The van der Waals surface area contributed by atoms with Crippen molar-refractivity contribution >= 4 is 29.0 Å². The molecule has 0 aliphatic carbocycles. The van der Waals surface area contributed by atoms with E-state index in [1.54, 1.807) is 21.3 Å². The average molecular weight is 559 g/mol. The van der Waals surface area contributed by atoms with Crippen molar-refractivity contribution in [3.63, 3.8) is 0 Å². The Bertz CT molecular complexity index is 1410. The minimum atomic E-state index is 0.244. The molecule has 2 heterocycles. The number of morpholine rings is 1. The van der Waals surface area contributed by atoms with Gasteiger partial charge in [-0.2, -0.15) is 15.0 Å². The molecule has 1 saturated heterocycles. The monoisotopic (exact) mass is 558 g/mol. The Morgan fingerprint density at radius 1 is 0.780 bits per heavy atom. The van der Waals surface area contributed by atoms with Gasteiger partial charge < -0.3 is 39.2 Å². The van der Waals surface area contributed by atoms with Gasteiger partial charge >= 0.3 is 6.01 Å². The van der Waals surface area contributed by atoms with Crippen molar-refractivity contribution in [1.82, 2.24) is 15.0 Å². The van der Waals surface area contributed by atoms with Crippen LogP contribution in [-0.4, -0.2) is 69.2 Å². The first kappa shape index (κ1) is 27.8. The maximum atomic E-state index is 6.01. The topological polar surface area (TPSA) is 112 Å². The fourth-order valence-electron chi connectivity index (χ4n) is 4.31. The minimum absolute atomic E-state index is 0.244. The van der Waals surface area contributed by atoms with Crippen molar-refractivity contribution in [3.05, 3.63) is 72.3 Å². The van der Waals surface area contributed by atoms with E-state index in [1.807, 2.05) is 66.7 Å². The Hall–Kier alpha value is -4.77. The summed E-state index contributed by atoms with van der Waals surface area (Å²) in [7, 11) is 4.92. The normalized spacial score (nSPS) is 12.9. The van der Waals surface area contributed by atoms with Crippen LogP contribution in [-0.2, 0) is 11.2 Å². The number of hydrogen-bond acceptors (Lipinski definition) is 11. The lowest BCUT2D eigenvalue weighted by Gasteiger charge is -2.27. The fraction of sp³-hybridized carbons (Fsp3) is 0.300. The Morgan fingerprint density at radius 3 is 2.15 bits per heavy atom. The van der Waals surface area contributed by atoms with Crippen LogP contribution in [0.3, 0.4) is 0 Å². The fourth-order valence-corrected chi connectivity index (χ4v) is 4.31. The minimum Gasteiger partial charge on any atom is -0.497 e. The molecule has 2 N–H and O–H groups in total. The summed E-state index contributed by atoms with van der Waals surface area (Å²) in [5.41, 5.74) is 3.65. The van der Waals surface area contributed by atoms with Gasteiger partial charge in [-0.05, 0) is 54.1 Å². The first-order chi connectivity index (χ1) is 20.1. The summed E-state index contributed by atoms with van der Waals surface area (Å²) >= 11 is 0. The van der Waals surface area contributed by atoms with E-state index in [4.69, 9.17) is 23.7 Å². The van der Waals surface area contributed by atoms with Crippen LogP contribution in [0.4, 0.5) is 29.0 Å². The van der Waals surface area contributed by atoms with Gasteiger partial charge in [0.15, 0.2) is 0 Å². The number of hydrogen-bond donors (Lipinski definition) is 2. The van der Waals surface area contributed by atoms with Gasteiger partial charge in [-0.15, -0.1) is 0 Å². The van der Waals surface area contributed by atoms with Crippen LogP contribution >= 0.6 is 0 Å². The van der Waals surface area contributed by atoms with Crippen molar-refractivity contribution in [2.24, 2.45) is 0 Å². The lowest BCUT2D eigenvalue weighted by molar-refractivity contribution is 0.122. The third-order valence-corrected chi connectivity index (χ3v) is 6.46. The number of anilines is 5. The zero-order valence-electron chi connectivity index (χ0n) is 23.4. The number of nitrogens with one attached hydrogen (secondary N) is 2. The molecule has 1 aliphatic heterocycles. The zero-order valence-corrected chi connectivity index (χ0v) is 23.4. The van der Waals surface area contributed by atoms with Crippen molar-refractivity contribution in [2.75, 3.05) is 69.8 Å². The SMILES string of the molecule is COc1cc(CCOc2nc(Nc3ccc(Nc4ccccc4OC)cc3)nc(N3CCOCC3)n2)cc(OC)c1. The molecule has 41 heavy (non-hydrogen) atoms. The van der Waals surface area contributed by atoms with E-state index in [2.05, 4.69) is 30.5 Å². The van der Waals surface area contributed by atoms with E-state index in [9.17, 15) is 0 Å². The van der Waals surface area contributed by atoms with Crippen LogP contribution in [0.15, 0.2) is 66.7 Å². The molecule has 3 aromatic carbocycles. The lowest BCUT2D eigenvalue weighted by Crippen LogP contribution is -2.37. The van der Waals surface area contributed by atoms with E-state index in [1.165, 1.54) is 0 Å². The van der Waals surface area contributed by atoms with Gasteiger partial charge in [0.25, 0.3) is 0 Å². The molecule has 0 saturated carbocycles. The van der Waals surface area contributed by atoms with Crippen molar-refractivity contribution in [3.8, 4) is 23.3 Å². The summed E-state index contributed by atoms with van der Waals surface area (Å²) in [4.78, 5) is 15.9. The molecule has 0 amide bonds. The van der Waals surface area contributed by atoms with Crippen LogP contribution in [0.1, 0.15) is 5.56 Å². The molecule has 4 aromatic rings. The summed E-state index contributed by atoms with van der Waals surface area (Å²) in [5, 5.41) is 6.67. The highest BCUT2D eigenvalue weighted by atomic mass is 16.5. The Morgan fingerprint density at radius 2 is 1.46 bits per heavy atom. The van der Waals surface area contributed by atoms with E-state index >= 15 is 0 Å². The first-order valence-corrected chi connectivity index (χ1v) is 13.3. The molecule has 0 bridgehead atoms. The molecule has 0 atom stereocenters. The second kappa shape index (κ2) is 13.5. The van der Waals surface area contributed by atoms with Gasteiger partial charge in [0.1, 0.15) is 17.2 Å². The van der Waals surface area contributed by atoms with E-state index in [0.717, 1.165) is 39.9 Å². The molecule has 0 radical (unpaired) electrons. The van der Waals surface area contributed by atoms with E-state index < -0.39 is 0 Å². The number of aromatic nitrogens is 3. The highest BCUT2D eigenvalue weighted by Crippen LogP contribution is 2.28. The number of benzene rings is 3. The van der Waals surface area contributed by atoms with Gasteiger partial charge in [-0.1, -0.05) is 12.1 Å². The maximum Gasteiger partial charge on any atom is 0.323 e. The Balaban J connectivity index is 1.30. The van der Waals surface area contributed by atoms with E-state index in [0.29, 0.717) is 51.2 Å². The third kappa shape index (κ3) is 7.46. The number of nitrogens with zero attached hydrogens (tertiary/aromatic N) is 4. The predicted molar refractivity (Wildman–Crippen MR) is 158 cm³/mol. The second-order valence-corrected chi connectivity index (χ2v) is 9.19. The number of ether oxygens (including phenoxy) is 5. The lowest BCUT2D eigenvalue weighted by atomic mass is 10.1. The predicted octanol–water partition coefficient (Wildman–Crippen LogP) is 4.84. The standard InChI is InChI=1S/C30H34N6O5/c1-37-24-18-21(19-25(20-24)38-2)12-15-41-30-34-28(33-29(35-30)36-13-16-40-17-14-36)32-23-10-8-22(9-11-23)31-26-6-4-5-7-27(26)39-3/h4-11,18-20,31H,12-17H2,1-3H3,(H,32,33,34,35). The average Bonchev–Trinajstić information content (AvgIpc) is 3.02. The van der Waals surface area contributed by atoms with Crippen LogP contribution < -0.4 is 34.5 Å². The molecule has 0 spiro atoms. The Labute approximate surface area is 239 Å². The zero-order chi connectivity index (χ0) is 28.4. The van der Waals surface area contributed by atoms with Crippen molar-refractivity contribution in [2.45, 2.75) is 6.42 Å². The number of para-hydroxylation sites is 2. The smallest absolute Gasteiger partial charge is 0.323 e. The summed E-state index contributed by atoms with van der Waals surface area (Å²) < 4.78 is 27.7.